The summed E-state index contributed by atoms with van der Waals surface area (Å²) in [6.45, 7) is 9.76. The second-order valence-electron chi connectivity index (χ2n) is 22.3. The molecular formula is C55H68F15NO4. The first-order valence-electron chi connectivity index (χ1n) is 26.0. The number of hydrogen-bond donors (Lipinski definition) is 0. The fourth-order valence-electron chi connectivity index (χ4n) is 12.6. The van der Waals surface area contributed by atoms with Crippen molar-refractivity contribution in [1.82, 2.24) is 0 Å². The van der Waals surface area contributed by atoms with Gasteiger partial charge < -0.3 is 14.2 Å². The number of aliphatic imine (C=N–C) groups is 1. The molecule has 0 bridgehead atoms. The lowest BCUT2D eigenvalue weighted by atomic mass is 9.47. The lowest BCUT2D eigenvalue weighted by Gasteiger charge is -2.58. The van der Waals surface area contributed by atoms with Crippen LogP contribution in [-0.4, -0.2) is 73.2 Å². The van der Waals surface area contributed by atoms with Crippen LogP contribution in [0.2, 0.25) is 0 Å². The van der Waals surface area contributed by atoms with Crippen LogP contribution in [0.3, 0.4) is 0 Å². The van der Waals surface area contributed by atoms with E-state index < -0.39 is 54.1 Å². The van der Waals surface area contributed by atoms with Crippen LogP contribution in [0.5, 0.6) is 11.5 Å². The Kier molecular flexibility index (Phi) is 18.2. The minimum Gasteiger partial charge on any atom is -0.494 e. The van der Waals surface area contributed by atoms with Gasteiger partial charge in [-0.15, -0.1) is 0 Å². The molecule has 0 spiro atoms. The number of benzene rings is 2. The van der Waals surface area contributed by atoms with Gasteiger partial charge in [-0.25, -0.2) is 0 Å². The summed E-state index contributed by atoms with van der Waals surface area (Å²) in [5.74, 6) is -42.9. The zero-order valence-corrected chi connectivity index (χ0v) is 42.8. The molecule has 8 atom stereocenters. The number of carbonyl (C=O) groups is 1. The second-order valence-corrected chi connectivity index (χ2v) is 22.3. The number of nitrogens with zero attached hydrogens (tertiary/aromatic N) is 1. The molecule has 4 aliphatic carbocycles. The third kappa shape index (κ3) is 12.1. The molecule has 6 rings (SSSR count). The van der Waals surface area contributed by atoms with Gasteiger partial charge in [0.2, 0.25) is 0 Å². The van der Waals surface area contributed by atoms with Gasteiger partial charge in [-0.1, -0.05) is 78.4 Å². The molecule has 0 saturated heterocycles. The molecule has 4 aliphatic rings. The van der Waals surface area contributed by atoms with Crippen LogP contribution in [-0.2, 0) is 9.53 Å². The Bertz CT molecular complexity index is 2280. The van der Waals surface area contributed by atoms with Gasteiger partial charge >= 0.3 is 47.7 Å². The maximum atomic E-state index is 14.2. The predicted molar refractivity (Wildman–Crippen MR) is 253 cm³/mol. The zero-order chi connectivity index (χ0) is 55.6. The van der Waals surface area contributed by atoms with Crippen LogP contribution >= 0.6 is 0 Å². The van der Waals surface area contributed by atoms with Crippen molar-refractivity contribution in [3.8, 4) is 11.5 Å². The van der Waals surface area contributed by atoms with Gasteiger partial charge in [-0.3, -0.25) is 9.79 Å². The van der Waals surface area contributed by atoms with Crippen LogP contribution in [0.25, 0.3) is 0 Å². The molecule has 5 nitrogen and oxygen atoms in total. The summed E-state index contributed by atoms with van der Waals surface area (Å²) in [7, 11) is 0. The van der Waals surface area contributed by atoms with Gasteiger partial charge in [0.05, 0.1) is 12.3 Å². The van der Waals surface area contributed by atoms with E-state index in [1.54, 1.807) is 24.3 Å². The number of rotatable bonds is 24. The largest absolute Gasteiger partial charge is 0.494 e. The number of carbonyl (C=O) groups excluding carboxylic acids is 1. The fraction of sp³-hybridized carbons (Fsp3) is 0.709. The highest BCUT2D eigenvalue weighted by Crippen LogP contribution is 2.68. The zero-order valence-electron chi connectivity index (χ0n) is 42.8. The maximum absolute atomic E-state index is 14.2. The SMILES string of the molecule is CC(C)CCC[C@@H](C)[C@H]1CC[C@H]2[C@@H]3CC=C4C[C@@H](OC(=O)CCCCCCOc5ccc(C=Nc6ccc(OCC(F)(F)C(F)(F)C(F)(F)C(F)(F)C(F)(F)C(F)(F)C(F)(F)F)cc6)cc5)CC[C@]4(C)[C@H]3CC[C@]12C. The Morgan fingerprint density at radius 3 is 1.91 bits per heavy atom. The van der Waals surface area contributed by atoms with Crippen molar-refractivity contribution in [3.05, 3.63) is 65.7 Å². The van der Waals surface area contributed by atoms with E-state index in [2.05, 4.69) is 50.4 Å². The quantitative estimate of drug-likeness (QED) is 0.0346. The summed E-state index contributed by atoms with van der Waals surface area (Å²) in [6.07, 6.45) is 12.9. The molecule has 3 fully saturated rings. The Hall–Kier alpha value is -4.13. The van der Waals surface area contributed by atoms with Crippen LogP contribution in [0.15, 0.2) is 65.2 Å². The molecule has 20 heteroatoms. The van der Waals surface area contributed by atoms with Crippen molar-refractivity contribution in [1.29, 1.82) is 0 Å². The van der Waals surface area contributed by atoms with Crippen molar-refractivity contribution in [2.24, 2.45) is 51.3 Å². The Morgan fingerprint density at radius 1 is 0.667 bits per heavy atom. The summed E-state index contributed by atoms with van der Waals surface area (Å²) >= 11 is 0. The Morgan fingerprint density at radius 2 is 1.27 bits per heavy atom. The maximum Gasteiger partial charge on any atom is 0.460 e. The van der Waals surface area contributed by atoms with Crippen molar-refractivity contribution in [2.45, 2.75) is 185 Å². The molecule has 0 aliphatic heterocycles. The molecule has 0 aromatic heterocycles. The molecule has 75 heavy (non-hydrogen) atoms. The number of hydrogen-bond acceptors (Lipinski definition) is 5. The van der Waals surface area contributed by atoms with Crippen molar-refractivity contribution in [3.63, 3.8) is 0 Å². The van der Waals surface area contributed by atoms with E-state index >= 15 is 0 Å². The molecule has 0 N–H and O–H groups in total. The van der Waals surface area contributed by atoms with Gasteiger partial charge in [-0.05, 0) is 158 Å². The molecule has 0 amide bonds. The summed E-state index contributed by atoms with van der Waals surface area (Å²) in [6, 6.07) is 10.3. The first-order chi connectivity index (χ1) is 34.7. The molecule has 422 valence electrons. The molecule has 2 aromatic carbocycles. The summed E-state index contributed by atoms with van der Waals surface area (Å²) in [4.78, 5) is 17.0. The molecular weight excluding hydrogens is 1020 g/mol. The van der Waals surface area contributed by atoms with Gasteiger partial charge in [0.15, 0.2) is 6.61 Å². The van der Waals surface area contributed by atoms with E-state index in [0.29, 0.717) is 42.1 Å². The highest BCUT2D eigenvalue weighted by atomic mass is 19.4. The van der Waals surface area contributed by atoms with Crippen LogP contribution in [0.1, 0.15) is 143 Å². The minimum atomic E-state index is -8.36. The molecule has 0 radical (unpaired) electrons. The van der Waals surface area contributed by atoms with Gasteiger partial charge in [0.1, 0.15) is 17.6 Å². The van der Waals surface area contributed by atoms with Crippen molar-refractivity contribution < 1.29 is 84.9 Å². The molecule has 0 heterocycles. The first-order valence-corrected chi connectivity index (χ1v) is 26.0. The van der Waals surface area contributed by atoms with Gasteiger partial charge in [0.25, 0.3) is 0 Å². The second kappa shape index (κ2) is 22.7. The highest BCUT2D eigenvalue weighted by Gasteiger charge is 2.93. The third-order valence-corrected chi connectivity index (χ3v) is 17.0. The molecule has 0 unspecified atom stereocenters. The molecule has 3 saturated carbocycles. The van der Waals surface area contributed by atoms with Crippen LogP contribution < -0.4 is 9.47 Å². The number of allylic oxidation sites excluding steroid dienone is 1. The predicted octanol–water partition coefficient (Wildman–Crippen LogP) is 17.5. The van der Waals surface area contributed by atoms with E-state index in [-0.39, 0.29) is 23.2 Å². The topological polar surface area (TPSA) is 57.1 Å². The number of alkyl halides is 15. The van der Waals surface area contributed by atoms with Crippen LogP contribution in [0, 0.1) is 46.3 Å². The van der Waals surface area contributed by atoms with Crippen LogP contribution in [0.4, 0.5) is 71.5 Å². The monoisotopic (exact) mass is 1090 g/mol. The highest BCUT2D eigenvalue weighted by molar-refractivity contribution is 5.82. The van der Waals surface area contributed by atoms with Crippen molar-refractivity contribution >= 4 is 17.9 Å². The normalized spacial score (nSPS) is 26.4. The van der Waals surface area contributed by atoms with E-state index in [0.717, 1.165) is 98.8 Å². The number of unbranched alkanes of at least 4 members (excludes halogenated alkanes) is 3. The summed E-state index contributed by atoms with van der Waals surface area (Å²) < 4.78 is 218. The first kappa shape index (κ1) is 60.1. The number of halogens is 15. The van der Waals surface area contributed by atoms with Gasteiger partial charge in [0, 0.05) is 19.1 Å². The molecule has 2 aromatic rings. The fourth-order valence-corrected chi connectivity index (χ4v) is 12.6. The number of esters is 1. The standard InChI is InChI=1S/C55H68F15NO4/c1-34(2)11-10-12-35(3)43-24-25-44-42-23-16-37-31-41(26-28-47(37,4)45(42)27-29-48(43,44)5)75-46(72)13-8-6-7-9-30-73-39-19-14-36(15-20-39)32-71-38-17-21-40(22-18-38)74-33-49(56,57)50(58,59)51(60,61)52(62,63)53(64,65)54(66,67)55(68,69)70/h14-22,32,34-35,41-45H,6-13,23-31,33H2,1-5H3/t35-,41+,42+,43-,44+,45+,47+,48-/m1/s1. The van der Waals surface area contributed by atoms with Crippen molar-refractivity contribution in [2.75, 3.05) is 13.2 Å². The van der Waals surface area contributed by atoms with Gasteiger partial charge in [-0.2, -0.15) is 65.9 Å². The summed E-state index contributed by atoms with van der Waals surface area (Å²) in [5.41, 5.74) is 2.76. The average Bonchev–Trinajstić information content (AvgIpc) is 3.69. The van der Waals surface area contributed by atoms with E-state index in [9.17, 15) is 70.7 Å². The lowest BCUT2D eigenvalue weighted by Crippen LogP contribution is -2.73. The summed E-state index contributed by atoms with van der Waals surface area (Å²) in [5, 5.41) is 0. The van der Waals surface area contributed by atoms with E-state index in [1.165, 1.54) is 56.7 Å². The Labute approximate surface area is 428 Å². The lowest BCUT2D eigenvalue weighted by molar-refractivity contribution is -0.453. The third-order valence-electron chi connectivity index (χ3n) is 17.0. The smallest absolute Gasteiger partial charge is 0.460 e. The Balaban J connectivity index is 0.870. The number of ether oxygens (including phenoxy) is 3. The van der Waals surface area contributed by atoms with E-state index in [1.807, 2.05) is 0 Å². The van der Waals surface area contributed by atoms with E-state index in [4.69, 9.17) is 9.47 Å². The number of fused-ring (bicyclic) bond motifs is 5. The minimum absolute atomic E-state index is 0.0771. The average molecular weight is 1090 g/mol.